The van der Waals surface area contributed by atoms with Crippen molar-refractivity contribution in [3.63, 3.8) is 0 Å². The maximum atomic E-state index is 10.9. The molecule has 18 heavy (non-hydrogen) atoms. The van der Waals surface area contributed by atoms with Gasteiger partial charge in [-0.15, -0.1) is 0 Å². The van der Waals surface area contributed by atoms with Crippen LogP contribution in [-0.4, -0.2) is 17.0 Å². The van der Waals surface area contributed by atoms with E-state index in [-0.39, 0.29) is 21.8 Å². The van der Waals surface area contributed by atoms with Crippen LogP contribution in [0.15, 0.2) is 18.3 Å². The van der Waals surface area contributed by atoms with E-state index in [4.69, 9.17) is 21.6 Å². The van der Waals surface area contributed by atoms with Crippen molar-refractivity contribution in [3.8, 4) is 11.8 Å². The number of pyridine rings is 1. The van der Waals surface area contributed by atoms with Crippen LogP contribution < -0.4 is 4.74 Å². The number of ether oxygens (including phenoxy) is 1. The lowest BCUT2D eigenvalue weighted by molar-refractivity contribution is -0.383. The van der Waals surface area contributed by atoms with Crippen molar-refractivity contribution in [2.75, 3.05) is 7.11 Å². The summed E-state index contributed by atoms with van der Waals surface area (Å²) in [4.78, 5) is 14.1. The Balaban J connectivity index is 2.92. The minimum Gasteiger partial charge on any atom is -0.495 e. The van der Waals surface area contributed by atoms with Gasteiger partial charge in [-0.2, -0.15) is 5.26 Å². The summed E-state index contributed by atoms with van der Waals surface area (Å²) in [6.07, 6.45) is 1.07. The van der Waals surface area contributed by atoms with Crippen molar-refractivity contribution < 1.29 is 9.66 Å². The first-order chi connectivity index (χ1) is 8.58. The molecule has 2 aromatic rings. The molecular weight excluding hydrogens is 258 g/mol. The van der Waals surface area contributed by atoms with Crippen LogP contribution in [0.3, 0.4) is 0 Å². The molecule has 0 radical (unpaired) electrons. The summed E-state index contributed by atoms with van der Waals surface area (Å²) in [5.74, 6) is 0.300. The lowest BCUT2D eigenvalue weighted by Gasteiger charge is -2.06. The molecule has 0 unspecified atom stereocenters. The molecule has 1 heterocycles. The molecule has 90 valence electrons. The van der Waals surface area contributed by atoms with E-state index in [1.807, 2.05) is 6.07 Å². The Kier molecular flexibility index (Phi) is 3.00. The van der Waals surface area contributed by atoms with E-state index in [0.717, 1.165) is 6.20 Å². The zero-order chi connectivity index (χ0) is 13.3. The Morgan fingerprint density at radius 2 is 2.22 bits per heavy atom. The second kappa shape index (κ2) is 4.47. The molecule has 0 aliphatic rings. The van der Waals surface area contributed by atoms with Gasteiger partial charge in [0, 0.05) is 5.39 Å². The summed E-state index contributed by atoms with van der Waals surface area (Å²) in [7, 11) is 1.40. The van der Waals surface area contributed by atoms with Gasteiger partial charge in [-0.3, -0.25) is 10.1 Å². The zero-order valence-electron chi connectivity index (χ0n) is 9.18. The topological polar surface area (TPSA) is 89.1 Å². The predicted octanol–water partition coefficient (Wildman–Crippen LogP) is 2.68. The van der Waals surface area contributed by atoms with E-state index in [1.165, 1.54) is 19.2 Å². The number of fused-ring (bicyclic) bond motifs is 1. The average Bonchev–Trinajstić information content (AvgIpc) is 2.37. The molecule has 0 aliphatic heterocycles. The smallest absolute Gasteiger partial charge is 0.295 e. The second-order valence-corrected chi connectivity index (χ2v) is 3.76. The minimum absolute atomic E-state index is 0.124. The molecule has 0 N–H and O–H groups in total. The molecular formula is C11H6ClN3O3. The molecule has 0 saturated carbocycles. The van der Waals surface area contributed by atoms with Crippen LogP contribution in [0.25, 0.3) is 10.8 Å². The highest BCUT2D eigenvalue weighted by Crippen LogP contribution is 2.34. The van der Waals surface area contributed by atoms with Crippen molar-refractivity contribution in [3.05, 3.63) is 39.2 Å². The summed E-state index contributed by atoms with van der Waals surface area (Å²) in [6, 6.07) is 4.76. The number of methoxy groups -OCH3 is 1. The van der Waals surface area contributed by atoms with Gasteiger partial charge in [-0.05, 0) is 12.1 Å². The van der Waals surface area contributed by atoms with Crippen LogP contribution >= 0.6 is 11.6 Å². The van der Waals surface area contributed by atoms with Crippen molar-refractivity contribution in [2.45, 2.75) is 0 Å². The molecule has 0 spiro atoms. The summed E-state index contributed by atoms with van der Waals surface area (Å²) in [5.41, 5.74) is 0.00363. The fraction of sp³-hybridized carbons (Fsp3) is 0.0909. The Bertz CT molecular complexity index is 694. The lowest BCUT2D eigenvalue weighted by atomic mass is 10.1. The largest absolute Gasteiger partial charge is 0.495 e. The van der Waals surface area contributed by atoms with Crippen LogP contribution in [0.2, 0.25) is 5.15 Å². The first-order valence-electron chi connectivity index (χ1n) is 4.79. The predicted molar refractivity (Wildman–Crippen MR) is 64.7 cm³/mol. The maximum absolute atomic E-state index is 10.9. The number of hydrogen-bond donors (Lipinski definition) is 0. The van der Waals surface area contributed by atoms with Gasteiger partial charge in [0.05, 0.1) is 23.0 Å². The monoisotopic (exact) mass is 263 g/mol. The van der Waals surface area contributed by atoms with Crippen LogP contribution in [-0.2, 0) is 0 Å². The molecule has 1 aromatic heterocycles. The fourth-order valence-electron chi connectivity index (χ4n) is 1.62. The number of nitriles is 1. The molecule has 0 atom stereocenters. The van der Waals surface area contributed by atoms with Crippen molar-refractivity contribution in [2.24, 2.45) is 0 Å². The van der Waals surface area contributed by atoms with Gasteiger partial charge < -0.3 is 4.74 Å². The summed E-state index contributed by atoms with van der Waals surface area (Å²) in [5, 5.41) is 20.6. The SMILES string of the molecule is COc1cc2c(Cl)ncc([N+](=O)[O-])c2cc1C#N. The van der Waals surface area contributed by atoms with Crippen LogP contribution in [0, 0.1) is 21.4 Å². The van der Waals surface area contributed by atoms with E-state index < -0.39 is 4.92 Å². The first-order valence-corrected chi connectivity index (χ1v) is 5.17. The zero-order valence-corrected chi connectivity index (χ0v) is 9.93. The van der Waals surface area contributed by atoms with Gasteiger partial charge >= 0.3 is 0 Å². The number of nitro groups is 1. The number of nitrogens with zero attached hydrogens (tertiary/aromatic N) is 3. The number of aromatic nitrogens is 1. The molecule has 0 aliphatic carbocycles. The normalized spacial score (nSPS) is 10.1. The summed E-state index contributed by atoms with van der Waals surface area (Å²) < 4.78 is 5.02. The Labute approximate surface area is 107 Å². The Hall–Kier alpha value is -2.39. The van der Waals surface area contributed by atoms with Crippen LogP contribution in [0.1, 0.15) is 5.56 Å². The van der Waals surface area contributed by atoms with Gasteiger partial charge in [-0.1, -0.05) is 11.6 Å². The van der Waals surface area contributed by atoms with Gasteiger partial charge in [-0.25, -0.2) is 4.98 Å². The highest BCUT2D eigenvalue weighted by atomic mass is 35.5. The van der Waals surface area contributed by atoms with Gasteiger partial charge in [0.25, 0.3) is 5.69 Å². The molecule has 0 saturated heterocycles. The Morgan fingerprint density at radius 3 is 2.78 bits per heavy atom. The van der Waals surface area contributed by atoms with E-state index in [0.29, 0.717) is 11.1 Å². The number of hydrogen-bond acceptors (Lipinski definition) is 5. The third-order valence-electron chi connectivity index (χ3n) is 2.46. The van der Waals surface area contributed by atoms with Crippen molar-refractivity contribution in [1.29, 1.82) is 5.26 Å². The van der Waals surface area contributed by atoms with Crippen LogP contribution in [0.5, 0.6) is 5.75 Å². The lowest BCUT2D eigenvalue weighted by Crippen LogP contribution is -1.94. The molecule has 6 nitrogen and oxygen atoms in total. The van der Waals surface area contributed by atoms with E-state index in [1.54, 1.807) is 0 Å². The highest BCUT2D eigenvalue weighted by Gasteiger charge is 2.17. The van der Waals surface area contributed by atoms with Gasteiger partial charge in [0.15, 0.2) is 0 Å². The van der Waals surface area contributed by atoms with Crippen molar-refractivity contribution in [1.82, 2.24) is 4.98 Å². The van der Waals surface area contributed by atoms with E-state index in [2.05, 4.69) is 4.98 Å². The van der Waals surface area contributed by atoms with Gasteiger partial charge in [0.1, 0.15) is 23.2 Å². The minimum atomic E-state index is -0.570. The molecule has 1 aromatic carbocycles. The summed E-state index contributed by atoms with van der Waals surface area (Å²) in [6.45, 7) is 0. The van der Waals surface area contributed by atoms with Gasteiger partial charge in [0.2, 0.25) is 0 Å². The third kappa shape index (κ3) is 1.81. The average molecular weight is 264 g/mol. The molecule has 7 heteroatoms. The fourth-order valence-corrected chi connectivity index (χ4v) is 1.83. The first kappa shape index (κ1) is 12.1. The second-order valence-electron chi connectivity index (χ2n) is 3.40. The molecule has 0 bridgehead atoms. The number of rotatable bonds is 2. The van der Waals surface area contributed by atoms with E-state index >= 15 is 0 Å². The standard InChI is InChI=1S/C11H6ClN3O3/c1-18-10-3-8-7(2-6(10)4-13)9(15(16)17)5-14-11(8)12/h2-3,5H,1H3. The number of benzene rings is 1. The molecule has 2 rings (SSSR count). The summed E-state index contributed by atoms with van der Waals surface area (Å²) >= 11 is 5.89. The van der Waals surface area contributed by atoms with Crippen LogP contribution in [0.4, 0.5) is 5.69 Å². The maximum Gasteiger partial charge on any atom is 0.295 e. The quantitative estimate of drug-likeness (QED) is 0.472. The number of halogens is 1. The molecule has 0 fully saturated rings. The van der Waals surface area contributed by atoms with Crippen molar-refractivity contribution >= 4 is 28.1 Å². The third-order valence-corrected chi connectivity index (χ3v) is 2.76. The Morgan fingerprint density at radius 1 is 1.50 bits per heavy atom. The highest BCUT2D eigenvalue weighted by molar-refractivity contribution is 6.34. The van der Waals surface area contributed by atoms with E-state index in [9.17, 15) is 10.1 Å². The molecule has 0 amide bonds.